The number of benzene rings is 3. The number of amides is 1. The molecule has 0 spiro atoms. The standard InChI is InChI=1S/C25H26N2O4S/c1-17-9-12-21(13-10-17)32(29,30)27-16-24(31-23-15-18(2)11-14-22(23)27)25(28)26-19(3)20-7-5-4-6-8-20/h4-15,19,24H,16H2,1-3H3,(H,26,28)/t19-,24+/m1/s1. The largest absolute Gasteiger partial charge is 0.476 e. The van der Waals surface area contributed by atoms with Crippen molar-refractivity contribution >= 4 is 21.6 Å². The average molecular weight is 451 g/mol. The summed E-state index contributed by atoms with van der Waals surface area (Å²) in [4.78, 5) is 13.2. The van der Waals surface area contributed by atoms with Gasteiger partial charge < -0.3 is 10.1 Å². The lowest BCUT2D eigenvalue weighted by Gasteiger charge is -2.35. The van der Waals surface area contributed by atoms with Gasteiger partial charge >= 0.3 is 0 Å². The molecule has 1 aliphatic heterocycles. The highest BCUT2D eigenvalue weighted by Gasteiger charge is 2.38. The van der Waals surface area contributed by atoms with Crippen molar-refractivity contribution in [2.75, 3.05) is 10.8 Å². The first kappa shape index (κ1) is 21.9. The third-order valence-electron chi connectivity index (χ3n) is 5.54. The third-order valence-corrected chi connectivity index (χ3v) is 7.34. The van der Waals surface area contributed by atoms with Gasteiger partial charge in [-0.1, -0.05) is 54.1 Å². The molecule has 4 rings (SSSR count). The van der Waals surface area contributed by atoms with Gasteiger partial charge in [-0.05, 0) is 56.2 Å². The van der Waals surface area contributed by atoms with Crippen LogP contribution in [-0.2, 0) is 14.8 Å². The highest BCUT2D eigenvalue weighted by atomic mass is 32.2. The van der Waals surface area contributed by atoms with Gasteiger partial charge in [0, 0.05) is 0 Å². The number of nitrogens with one attached hydrogen (secondary N) is 1. The predicted molar refractivity (Wildman–Crippen MR) is 124 cm³/mol. The molecule has 0 radical (unpaired) electrons. The van der Waals surface area contributed by atoms with Crippen LogP contribution in [0.2, 0.25) is 0 Å². The lowest BCUT2D eigenvalue weighted by atomic mass is 10.1. The second kappa shape index (κ2) is 8.67. The van der Waals surface area contributed by atoms with Crippen molar-refractivity contribution in [2.45, 2.75) is 37.8 Å². The molecular weight excluding hydrogens is 424 g/mol. The number of ether oxygens (including phenoxy) is 1. The molecule has 166 valence electrons. The summed E-state index contributed by atoms with van der Waals surface area (Å²) in [6.07, 6.45) is -0.976. The summed E-state index contributed by atoms with van der Waals surface area (Å²) >= 11 is 0. The molecule has 2 atom stereocenters. The Morgan fingerprint density at radius 3 is 2.34 bits per heavy atom. The highest BCUT2D eigenvalue weighted by molar-refractivity contribution is 7.92. The van der Waals surface area contributed by atoms with Crippen LogP contribution in [0.25, 0.3) is 0 Å². The maximum Gasteiger partial charge on any atom is 0.264 e. The molecule has 32 heavy (non-hydrogen) atoms. The van der Waals surface area contributed by atoms with Crippen LogP contribution < -0.4 is 14.4 Å². The van der Waals surface area contributed by atoms with Crippen molar-refractivity contribution in [3.8, 4) is 5.75 Å². The van der Waals surface area contributed by atoms with E-state index in [4.69, 9.17) is 4.74 Å². The lowest BCUT2D eigenvalue weighted by Crippen LogP contribution is -2.51. The maximum absolute atomic E-state index is 13.5. The fourth-order valence-corrected chi connectivity index (χ4v) is 5.17. The first-order valence-electron chi connectivity index (χ1n) is 10.5. The zero-order valence-electron chi connectivity index (χ0n) is 18.3. The molecule has 7 heteroatoms. The number of fused-ring (bicyclic) bond motifs is 1. The van der Waals surface area contributed by atoms with Crippen molar-refractivity contribution in [1.82, 2.24) is 5.32 Å². The van der Waals surface area contributed by atoms with Crippen LogP contribution in [0.15, 0.2) is 77.7 Å². The van der Waals surface area contributed by atoms with Crippen LogP contribution in [-0.4, -0.2) is 27.0 Å². The summed E-state index contributed by atoms with van der Waals surface area (Å²) < 4.78 is 34.2. The second-order valence-electron chi connectivity index (χ2n) is 8.07. The van der Waals surface area contributed by atoms with Gasteiger partial charge in [-0.2, -0.15) is 0 Å². The van der Waals surface area contributed by atoms with E-state index in [0.29, 0.717) is 11.4 Å². The Morgan fingerprint density at radius 1 is 1.00 bits per heavy atom. The zero-order chi connectivity index (χ0) is 22.9. The summed E-state index contributed by atoms with van der Waals surface area (Å²) in [5.41, 5.74) is 3.26. The SMILES string of the molecule is Cc1ccc(S(=O)(=O)N2C[C@@H](C(=O)N[C@H](C)c3ccccc3)Oc3cc(C)ccc32)cc1. The summed E-state index contributed by atoms with van der Waals surface area (Å²) in [5, 5.41) is 2.95. The molecule has 3 aromatic rings. The highest BCUT2D eigenvalue weighted by Crippen LogP contribution is 2.37. The Balaban J connectivity index is 1.65. The van der Waals surface area contributed by atoms with Crippen LogP contribution in [0.5, 0.6) is 5.75 Å². The van der Waals surface area contributed by atoms with E-state index in [-0.39, 0.29) is 23.4 Å². The number of hydrogen-bond donors (Lipinski definition) is 1. The number of rotatable bonds is 5. The molecule has 0 bridgehead atoms. The molecule has 0 aliphatic carbocycles. The van der Waals surface area contributed by atoms with Gasteiger partial charge in [-0.25, -0.2) is 8.42 Å². The number of nitrogens with zero attached hydrogens (tertiary/aromatic N) is 1. The van der Waals surface area contributed by atoms with E-state index in [9.17, 15) is 13.2 Å². The van der Waals surface area contributed by atoms with E-state index < -0.39 is 16.1 Å². The number of anilines is 1. The summed E-state index contributed by atoms with van der Waals surface area (Å²) in [7, 11) is -3.88. The van der Waals surface area contributed by atoms with Crippen molar-refractivity contribution in [3.05, 3.63) is 89.5 Å². The van der Waals surface area contributed by atoms with Gasteiger partial charge in [0.1, 0.15) is 5.75 Å². The molecule has 1 amide bonds. The first-order chi connectivity index (χ1) is 15.3. The van der Waals surface area contributed by atoms with Gasteiger partial charge in [-0.15, -0.1) is 0 Å². The monoisotopic (exact) mass is 450 g/mol. The van der Waals surface area contributed by atoms with Crippen LogP contribution in [0.4, 0.5) is 5.69 Å². The van der Waals surface area contributed by atoms with Crippen molar-refractivity contribution in [3.63, 3.8) is 0 Å². The normalized spacial score (nSPS) is 16.6. The predicted octanol–water partition coefficient (Wildman–Crippen LogP) is 4.14. The Kier molecular flexibility index (Phi) is 5.93. The molecule has 6 nitrogen and oxygen atoms in total. The third kappa shape index (κ3) is 4.34. The molecule has 1 N–H and O–H groups in total. The summed E-state index contributed by atoms with van der Waals surface area (Å²) in [6.45, 7) is 5.57. The fourth-order valence-electron chi connectivity index (χ4n) is 3.69. The van der Waals surface area contributed by atoms with E-state index in [1.807, 2.05) is 57.2 Å². The smallest absolute Gasteiger partial charge is 0.264 e. The fraction of sp³-hybridized carbons (Fsp3) is 0.240. The van der Waals surface area contributed by atoms with E-state index in [0.717, 1.165) is 16.7 Å². The molecule has 0 saturated carbocycles. The summed E-state index contributed by atoms with van der Waals surface area (Å²) in [5.74, 6) is 0.0112. The minimum Gasteiger partial charge on any atom is -0.476 e. The number of hydrogen-bond acceptors (Lipinski definition) is 4. The Labute approximate surface area is 188 Å². The number of carbonyl (C=O) groups is 1. The van der Waals surface area contributed by atoms with Crippen LogP contribution in [0.3, 0.4) is 0 Å². The van der Waals surface area contributed by atoms with Crippen molar-refractivity contribution in [1.29, 1.82) is 0 Å². The quantitative estimate of drug-likeness (QED) is 0.634. The molecule has 0 saturated heterocycles. The topological polar surface area (TPSA) is 75.7 Å². The molecular formula is C25H26N2O4S. The van der Waals surface area contributed by atoms with Gasteiger partial charge in [0.2, 0.25) is 0 Å². The minimum atomic E-state index is -3.88. The van der Waals surface area contributed by atoms with E-state index in [1.165, 1.54) is 4.31 Å². The van der Waals surface area contributed by atoms with Crippen molar-refractivity contribution < 1.29 is 17.9 Å². The molecule has 3 aromatic carbocycles. The number of carbonyl (C=O) groups excluding carboxylic acids is 1. The Hall–Kier alpha value is -3.32. The van der Waals surface area contributed by atoms with Gasteiger partial charge in [-0.3, -0.25) is 9.10 Å². The molecule has 1 aliphatic rings. The van der Waals surface area contributed by atoms with Gasteiger partial charge in [0.05, 0.1) is 23.2 Å². The van der Waals surface area contributed by atoms with Crippen LogP contribution >= 0.6 is 0 Å². The average Bonchev–Trinajstić information content (AvgIpc) is 2.78. The molecule has 1 heterocycles. The first-order valence-corrected chi connectivity index (χ1v) is 11.9. The molecule has 0 aromatic heterocycles. The minimum absolute atomic E-state index is 0.111. The van der Waals surface area contributed by atoms with Crippen LogP contribution in [0.1, 0.15) is 29.7 Å². The second-order valence-corrected chi connectivity index (χ2v) is 9.93. The van der Waals surface area contributed by atoms with E-state index in [2.05, 4.69) is 5.32 Å². The van der Waals surface area contributed by atoms with Gasteiger partial charge in [0.15, 0.2) is 6.10 Å². The maximum atomic E-state index is 13.5. The Bertz CT molecular complexity index is 1220. The summed E-state index contributed by atoms with van der Waals surface area (Å²) in [6, 6.07) is 21.3. The van der Waals surface area contributed by atoms with Gasteiger partial charge in [0.25, 0.3) is 15.9 Å². The molecule has 0 fully saturated rings. The number of aryl methyl sites for hydroxylation is 2. The zero-order valence-corrected chi connectivity index (χ0v) is 19.1. The van der Waals surface area contributed by atoms with Crippen LogP contribution in [0, 0.1) is 13.8 Å². The Morgan fingerprint density at radius 2 is 1.66 bits per heavy atom. The number of sulfonamides is 1. The molecule has 0 unspecified atom stereocenters. The van der Waals surface area contributed by atoms with E-state index in [1.54, 1.807) is 36.4 Å². The van der Waals surface area contributed by atoms with E-state index >= 15 is 0 Å². The van der Waals surface area contributed by atoms with Crippen molar-refractivity contribution in [2.24, 2.45) is 0 Å². The lowest BCUT2D eigenvalue weighted by molar-refractivity contribution is -0.128.